The van der Waals surface area contributed by atoms with Crippen LogP contribution in [-0.4, -0.2) is 23.7 Å². The van der Waals surface area contributed by atoms with Gasteiger partial charge in [0.25, 0.3) is 0 Å². The molecule has 3 nitrogen and oxygen atoms in total. The van der Waals surface area contributed by atoms with Gasteiger partial charge in [-0.1, -0.05) is 25.0 Å². The summed E-state index contributed by atoms with van der Waals surface area (Å²) in [6.45, 7) is 1.01. The van der Waals surface area contributed by atoms with Crippen molar-refractivity contribution >= 4 is 18.3 Å². The van der Waals surface area contributed by atoms with E-state index in [9.17, 15) is 10.0 Å². The molecule has 0 bridgehead atoms. The van der Waals surface area contributed by atoms with Crippen molar-refractivity contribution in [3.63, 3.8) is 0 Å². The predicted molar refractivity (Wildman–Crippen MR) is 64.9 cm³/mol. The first-order chi connectivity index (χ1) is 7.71. The summed E-state index contributed by atoms with van der Waals surface area (Å²) in [5.41, 5.74) is 3.33. The van der Waals surface area contributed by atoms with E-state index in [-0.39, 0.29) is 5.41 Å². The summed E-state index contributed by atoms with van der Waals surface area (Å²) in [6, 6.07) is 5.72. The van der Waals surface area contributed by atoms with Gasteiger partial charge in [0.15, 0.2) is 0 Å². The summed E-state index contributed by atoms with van der Waals surface area (Å²) in [7, 11) is -1.36. The summed E-state index contributed by atoms with van der Waals surface area (Å²) in [5.74, 6) is 0. The van der Waals surface area contributed by atoms with E-state index >= 15 is 0 Å². The second-order valence-electron chi connectivity index (χ2n) is 5.02. The van der Waals surface area contributed by atoms with Crippen LogP contribution in [0.3, 0.4) is 0 Å². The molecule has 0 amide bonds. The average Bonchev–Trinajstić information content (AvgIpc) is 2.88. The predicted octanol–water partition coefficient (Wildman–Crippen LogP) is 0.604. The highest BCUT2D eigenvalue weighted by Crippen LogP contribution is 2.47. The molecule has 0 unspecified atom stereocenters. The van der Waals surface area contributed by atoms with Crippen molar-refractivity contribution in [2.45, 2.75) is 31.1 Å². The van der Waals surface area contributed by atoms with E-state index in [4.69, 9.17) is 0 Å². The van der Waals surface area contributed by atoms with Crippen LogP contribution in [0.15, 0.2) is 18.2 Å². The zero-order valence-corrected chi connectivity index (χ0v) is 9.24. The lowest BCUT2D eigenvalue weighted by molar-refractivity contribution is 0.425. The van der Waals surface area contributed by atoms with Crippen molar-refractivity contribution in [3.05, 3.63) is 23.8 Å². The van der Waals surface area contributed by atoms with Crippen LogP contribution in [0.25, 0.3) is 0 Å². The SMILES string of the molecule is OB(O)c1ccc2c(c1)C1(CCCC1)CN2. The fourth-order valence-electron chi connectivity index (χ4n) is 3.17. The molecule has 0 saturated heterocycles. The van der Waals surface area contributed by atoms with Crippen molar-refractivity contribution in [1.29, 1.82) is 0 Å². The molecule has 16 heavy (non-hydrogen) atoms. The van der Waals surface area contributed by atoms with Gasteiger partial charge in [0.2, 0.25) is 0 Å². The maximum absolute atomic E-state index is 9.22. The van der Waals surface area contributed by atoms with Crippen LogP contribution in [0, 0.1) is 0 Å². The first-order valence-electron chi connectivity index (χ1n) is 5.96. The molecule has 1 aliphatic heterocycles. The highest BCUT2D eigenvalue weighted by Gasteiger charge is 2.41. The zero-order valence-electron chi connectivity index (χ0n) is 9.24. The van der Waals surface area contributed by atoms with Gasteiger partial charge in [-0.05, 0) is 29.9 Å². The molecule has 1 heterocycles. The van der Waals surface area contributed by atoms with Gasteiger partial charge in [0, 0.05) is 17.6 Å². The third-order valence-electron chi connectivity index (χ3n) is 4.09. The standard InChI is InChI=1S/C12H16BNO2/c15-13(16)9-3-4-11-10(7-9)12(8-14-11)5-1-2-6-12/h3-4,7,14-16H,1-2,5-6,8H2. The highest BCUT2D eigenvalue weighted by atomic mass is 16.4. The van der Waals surface area contributed by atoms with Crippen LogP contribution in [0.5, 0.6) is 0 Å². The number of fused-ring (bicyclic) bond motifs is 2. The summed E-state index contributed by atoms with van der Waals surface area (Å²) in [5, 5.41) is 21.9. The van der Waals surface area contributed by atoms with Crippen LogP contribution in [0.4, 0.5) is 5.69 Å². The Kier molecular flexibility index (Phi) is 2.23. The summed E-state index contributed by atoms with van der Waals surface area (Å²) < 4.78 is 0. The molecule has 0 atom stereocenters. The molecule has 3 rings (SSSR count). The molecule has 84 valence electrons. The van der Waals surface area contributed by atoms with E-state index < -0.39 is 7.12 Å². The van der Waals surface area contributed by atoms with Gasteiger partial charge in [-0.15, -0.1) is 0 Å². The molecule has 1 aromatic rings. The van der Waals surface area contributed by atoms with Crippen LogP contribution >= 0.6 is 0 Å². The van der Waals surface area contributed by atoms with Crippen LogP contribution < -0.4 is 10.8 Å². The topological polar surface area (TPSA) is 52.5 Å². The van der Waals surface area contributed by atoms with Crippen molar-refractivity contribution in [2.24, 2.45) is 0 Å². The summed E-state index contributed by atoms with van der Waals surface area (Å²) in [4.78, 5) is 0. The van der Waals surface area contributed by atoms with E-state index in [0.717, 1.165) is 6.54 Å². The lowest BCUT2D eigenvalue weighted by Crippen LogP contribution is -2.31. The number of hydrogen-bond donors (Lipinski definition) is 3. The van der Waals surface area contributed by atoms with Crippen LogP contribution in [0.2, 0.25) is 0 Å². The number of rotatable bonds is 1. The van der Waals surface area contributed by atoms with Gasteiger partial charge in [0.05, 0.1) is 0 Å². The highest BCUT2D eigenvalue weighted by molar-refractivity contribution is 6.58. The van der Waals surface area contributed by atoms with Crippen molar-refractivity contribution < 1.29 is 10.0 Å². The summed E-state index contributed by atoms with van der Waals surface area (Å²) >= 11 is 0. The molecule has 1 fully saturated rings. The van der Waals surface area contributed by atoms with Gasteiger partial charge < -0.3 is 15.4 Å². The van der Waals surface area contributed by atoms with E-state index in [1.54, 1.807) is 6.07 Å². The molecule has 1 aromatic carbocycles. The van der Waals surface area contributed by atoms with E-state index in [2.05, 4.69) is 5.32 Å². The quantitative estimate of drug-likeness (QED) is 0.604. The van der Waals surface area contributed by atoms with Gasteiger partial charge in [-0.25, -0.2) is 0 Å². The second kappa shape index (κ2) is 3.50. The number of hydrogen-bond acceptors (Lipinski definition) is 3. The second-order valence-corrected chi connectivity index (χ2v) is 5.02. The van der Waals surface area contributed by atoms with Crippen LogP contribution in [0.1, 0.15) is 31.2 Å². The van der Waals surface area contributed by atoms with E-state index in [1.807, 2.05) is 12.1 Å². The zero-order chi connectivity index (χ0) is 11.2. The van der Waals surface area contributed by atoms with Crippen LogP contribution in [-0.2, 0) is 5.41 Å². The Bertz CT molecular complexity index is 413. The molecule has 1 spiro atoms. The van der Waals surface area contributed by atoms with Gasteiger partial charge in [-0.3, -0.25) is 0 Å². The molecule has 2 aliphatic rings. The molecule has 4 heteroatoms. The molecular formula is C12H16BNO2. The number of anilines is 1. The monoisotopic (exact) mass is 217 g/mol. The maximum Gasteiger partial charge on any atom is 0.488 e. The lowest BCUT2D eigenvalue weighted by Gasteiger charge is -2.23. The molecular weight excluding hydrogens is 201 g/mol. The Balaban J connectivity index is 2.06. The Morgan fingerprint density at radius 1 is 1.19 bits per heavy atom. The molecule has 3 N–H and O–H groups in total. The van der Waals surface area contributed by atoms with Gasteiger partial charge in [-0.2, -0.15) is 0 Å². The Hall–Kier alpha value is -0.995. The van der Waals surface area contributed by atoms with Crippen molar-refractivity contribution in [3.8, 4) is 0 Å². The van der Waals surface area contributed by atoms with Gasteiger partial charge in [0.1, 0.15) is 0 Å². The minimum Gasteiger partial charge on any atom is -0.423 e. The molecule has 0 radical (unpaired) electrons. The van der Waals surface area contributed by atoms with E-state index in [1.165, 1.54) is 36.9 Å². The first kappa shape index (κ1) is 10.2. The first-order valence-corrected chi connectivity index (χ1v) is 5.96. The fraction of sp³-hybridized carbons (Fsp3) is 0.500. The molecule has 1 saturated carbocycles. The fourth-order valence-corrected chi connectivity index (χ4v) is 3.17. The summed E-state index contributed by atoms with van der Waals surface area (Å²) in [6.07, 6.45) is 5.01. The van der Waals surface area contributed by atoms with Gasteiger partial charge >= 0.3 is 7.12 Å². The largest absolute Gasteiger partial charge is 0.488 e. The minimum atomic E-state index is -1.36. The van der Waals surface area contributed by atoms with Crippen molar-refractivity contribution in [1.82, 2.24) is 0 Å². The molecule has 0 aromatic heterocycles. The Morgan fingerprint density at radius 3 is 2.62 bits per heavy atom. The average molecular weight is 217 g/mol. The molecule has 1 aliphatic carbocycles. The minimum absolute atomic E-state index is 0.264. The smallest absolute Gasteiger partial charge is 0.423 e. The third-order valence-corrected chi connectivity index (χ3v) is 4.09. The number of nitrogens with one attached hydrogen (secondary N) is 1. The normalized spacial score (nSPS) is 20.9. The Labute approximate surface area is 95.6 Å². The Morgan fingerprint density at radius 2 is 1.94 bits per heavy atom. The maximum atomic E-state index is 9.22. The van der Waals surface area contributed by atoms with E-state index in [0.29, 0.717) is 5.46 Å². The third kappa shape index (κ3) is 1.37. The lowest BCUT2D eigenvalue weighted by atomic mass is 9.74. The number of benzene rings is 1. The van der Waals surface area contributed by atoms with Crippen molar-refractivity contribution in [2.75, 3.05) is 11.9 Å².